The summed E-state index contributed by atoms with van der Waals surface area (Å²) >= 11 is 6.08. The lowest BCUT2D eigenvalue weighted by atomic mass is 10.0. The second kappa shape index (κ2) is 10.2. The summed E-state index contributed by atoms with van der Waals surface area (Å²) in [5.41, 5.74) is 7.28. The molecule has 108 valence electrons. The molecule has 2 N–H and O–H groups in total. The summed E-state index contributed by atoms with van der Waals surface area (Å²) in [6.07, 6.45) is 14.8. The number of hydrogen-bond acceptors (Lipinski definition) is 2. The molecule has 0 aliphatic heterocycles. The highest BCUT2D eigenvalue weighted by atomic mass is 35.5. The third kappa shape index (κ3) is 7.54. The van der Waals surface area contributed by atoms with Crippen molar-refractivity contribution in [3.63, 3.8) is 0 Å². The normalized spacial score (nSPS) is 12.6. The lowest BCUT2D eigenvalue weighted by molar-refractivity contribution is 0.528. The van der Waals surface area contributed by atoms with Crippen LogP contribution >= 0.6 is 11.6 Å². The molecule has 19 heavy (non-hydrogen) atoms. The summed E-state index contributed by atoms with van der Waals surface area (Å²) in [5.74, 6) is 0. The van der Waals surface area contributed by atoms with Gasteiger partial charge in [0.15, 0.2) is 0 Å². The zero-order chi connectivity index (χ0) is 13.9. The summed E-state index contributed by atoms with van der Waals surface area (Å²) in [6, 6.07) is 2.18. The van der Waals surface area contributed by atoms with Gasteiger partial charge >= 0.3 is 0 Å². The van der Waals surface area contributed by atoms with Crippen LogP contribution in [0.25, 0.3) is 0 Å². The van der Waals surface area contributed by atoms with Gasteiger partial charge in [-0.05, 0) is 24.5 Å². The van der Waals surface area contributed by atoms with Gasteiger partial charge in [-0.15, -0.1) is 0 Å². The van der Waals surface area contributed by atoms with E-state index >= 15 is 0 Å². The summed E-state index contributed by atoms with van der Waals surface area (Å²) in [7, 11) is 0. The number of nitrogens with zero attached hydrogens (tertiary/aromatic N) is 1. The number of halogens is 1. The van der Waals surface area contributed by atoms with Crippen molar-refractivity contribution in [2.75, 3.05) is 0 Å². The fraction of sp³-hybridized carbons (Fsp3) is 0.688. The van der Waals surface area contributed by atoms with E-state index < -0.39 is 0 Å². The average Bonchev–Trinajstić information content (AvgIpc) is 2.40. The first-order chi connectivity index (χ1) is 9.24. The molecule has 0 radical (unpaired) electrons. The van der Waals surface area contributed by atoms with Gasteiger partial charge in [0.1, 0.15) is 0 Å². The minimum Gasteiger partial charge on any atom is -0.327 e. The third-order valence-corrected chi connectivity index (χ3v) is 3.86. The first-order valence-corrected chi connectivity index (χ1v) is 7.95. The van der Waals surface area contributed by atoms with Crippen LogP contribution in [0.3, 0.4) is 0 Å². The molecule has 1 aromatic rings. The number of pyridine rings is 1. The number of unbranched alkanes of at least 4 members (excludes halogenated alkanes) is 6. The maximum Gasteiger partial charge on any atom is 0.0621 e. The molecule has 1 aromatic heterocycles. The smallest absolute Gasteiger partial charge is 0.0621 e. The molecule has 0 aliphatic rings. The van der Waals surface area contributed by atoms with E-state index in [1.165, 1.54) is 44.9 Å². The van der Waals surface area contributed by atoms with E-state index in [1.807, 2.05) is 6.07 Å². The van der Waals surface area contributed by atoms with Crippen LogP contribution in [-0.4, -0.2) is 11.0 Å². The first-order valence-electron chi connectivity index (χ1n) is 7.58. The quantitative estimate of drug-likeness (QED) is 0.629. The van der Waals surface area contributed by atoms with Gasteiger partial charge in [0, 0.05) is 18.4 Å². The molecular formula is C16H27ClN2. The summed E-state index contributed by atoms with van der Waals surface area (Å²) in [6.45, 7) is 2.25. The topological polar surface area (TPSA) is 38.9 Å². The van der Waals surface area contributed by atoms with Crippen LogP contribution in [0, 0.1) is 0 Å². The molecule has 1 unspecified atom stereocenters. The maximum atomic E-state index is 6.16. The van der Waals surface area contributed by atoms with Crippen LogP contribution in [0.2, 0.25) is 5.02 Å². The Labute approximate surface area is 122 Å². The Kier molecular flexibility index (Phi) is 8.85. The van der Waals surface area contributed by atoms with E-state index in [4.69, 9.17) is 17.3 Å². The molecule has 1 rings (SSSR count). The van der Waals surface area contributed by atoms with E-state index in [-0.39, 0.29) is 6.04 Å². The van der Waals surface area contributed by atoms with E-state index in [9.17, 15) is 0 Å². The van der Waals surface area contributed by atoms with Crippen molar-refractivity contribution in [1.29, 1.82) is 0 Å². The zero-order valence-electron chi connectivity index (χ0n) is 12.1. The highest BCUT2D eigenvalue weighted by Crippen LogP contribution is 2.17. The number of aromatic nitrogens is 1. The molecule has 0 aromatic carbocycles. The van der Waals surface area contributed by atoms with Crippen molar-refractivity contribution in [2.45, 2.75) is 70.8 Å². The van der Waals surface area contributed by atoms with E-state index in [0.29, 0.717) is 0 Å². The predicted octanol–water partition coefficient (Wildman–Crippen LogP) is 4.75. The van der Waals surface area contributed by atoms with Crippen molar-refractivity contribution in [3.8, 4) is 0 Å². The van der Waals surface area contributed by atoms with Gasteiger partial charge in [0.25, 0.3) is 0 Å². The molecular weight excluding hydrogens is 256 g/mol. The van der Waals surface area contributed by atoms with E-state index in [1.54, 1.807) is 12.4 Å². The Morgan fingerprint density at radius 1 is 1.16 bits per heavy atom. The highest BCUT2D eigenvalue weighted by Gasteiger charge is 2.06. The summed E-state index contributed by atoms with van der Waals surface area (Å²) in [5, 5.41) is 0.734. The molecule has 0 fully saturated rings. The van der Waals surface area contributed by atoms with Gasteiger partial charge < -0.3 is 5.73 Å². The molecule has 2 nitrogen and oxygen atoms in total. The van der Waals surface area contributed by atoms with Gasteiger partial charge in [0.05, 0.1) is 5.02 Å². The van der Waals surface area contributed by atoms with Crippen LogP contribution < -0.4 is 5.73 Å². The largest absolute Gasteiger partial charge is 0.327 e. The van der Waals surface area contributed by atoms with Crippen LogP contribution in [-0.2, 0) is 6.42 Å². The molecule has 0 saturated heterocycles. The van der Waals surface area contributed by atoms with E-state index in [2.05, 4.69) is 11.9 Å². The summed E-state index contributed by atoms with van der Waals surface area (Å²) in [4.78, 5) is 3.99. The minimum atomic E-state index is 0.218. The van der Waals surface area contributed by atoms with Gasteiger partial charge in [-0.2, -0.15) is 0 Å². The summed E-state index contributed by atoms with van der Waals surface area (Å²) < 4.78 is 0. The fourth-order valence-corrected chi connectivity index (χ4v) is 2.51. The van der Waals surface area contributed by atoms with Crippen LogP contribution in [0.4, 0.5) is 0 Å². The number of nitrogens with two attached hydrogens (primary N) is 1. The van der Waals surface area contributed by atoms with Crippen molar-refractivity contribution in [1.82, 2.24) is 4.98 Å². The molecule has 3 heteroatoms. The lowest BCUT2D eigenvalue weighted by Crippen LogP contribution is -2.22. The Morgan fingerprint density at radius 2 is 1.84 bits per heavy atom. The number of hydrogen-bond donors (Lipinski definition) is 1. The third-order valence-electron chi connectivity index (χ3n) is 3.52. The van der Waals surface area contributed by atoms with Crippen LogP contribution in [0.15, 0.2) is 18.5 Å². The minimum absolute atomic E-state index is 0.218. The molecule has 0 saturated carbocycles. The van der Waals surface area contributed by atoms with Crippen molar-refractivity contribution in [2.24, 2.45) is 5.73 Å². The Balaban J connectivity index is 2.08. The zero-order valence-corrected chi connectivity index (χ0v) is 12.8. The fourth-order valence-electron chi connectivity index (χ4n) is 2.32. The van der Waals surface area contributed by atoms with Gasteiger partial charge in [-0.3, -0.25) is 4.98 Å². The van der Waals surface area contributed by atoms with Gasteiger partial charge in [-0.1, -0.05) is 63.5 Å². The lowest BCUT2D eigenvalue weighted by Gasteiger charge is -2.12. The maximum absolute atomic E-state index is 6.16. The second-order valence-electron chi connectivity index (χ2n) is 5.34. The van der Waals surface area contributed by atoms with Crippen molar-refractivity contribution in [3.05, 3.63) is 29.0 Å². The van der Waals surface area contributed by atoms with Gasteiger partial charge in [0.2, 0.25) is 0 Å². The SMILES string of the molecule is CCCCCCCCCC(N)Cc1ccncc1Cl. The molecule has 0 aliphatic carbocycles. The molecule has 1 atom stereocenters. The molecule has 1 heterocycles. The number of rotatable bonds is 10. The molecule has 0 amide bonds. The standard InChI is InChI=1S/C16H27ClN2/c1-2-3-4-5-6-7-8-9-15(18)12-14-10-11-19-13-16(14)17/h10-11,13,15H,2-9,12,18H2,1H3. The average molecular weight is 283 g/mol. The Hall–Kier alpha value is -0.600. The van der Waals surface area contributed by atoms with E-state index in [0.717, 1.165) is 23.4 Å². The predicted molar refractivity (Wildman–Crippen MR) is 83.5 cm³/mol. The monoisotopic (exact) mass is 282 g/mol. The van der Waals surface area contributed by atoms with Gasteiger partial charge in [-0.25, -0.2) is 0 Å². The van der Waals surface area contributed by atoms with Crippen molar-refractivity contribution >= 4 is 11.6 Å². The Bertz CT molecular complexity index is 341. The molecule has 0 bridgehead atoms. The van der Waals surface area contributed by atoms with Crippen molar-refractivity contribution < 1.29 is 0 Å². The Morgan fingerprint density at radius 3 is 2.53 bits per heavy atom. The second-order valence-corrected chi connectivity index (χ2v) is 5.75. The van der Waals surface area contributed by atoms with Crippen LogP contribution in [0.5, 0.6) is 0 Å². The highest BCUT2D eigenvalue weighted by molar-refractivity contribution is 6.31. The van der Waals surface area contributed by atoms with Crippen LogP contribution in [0.1, 0.15) is 63.9 Å². The first kappa shape index (κ1) is 16.5. The molecule has 0 spiro atoms.